The lowest BCUT2D eigenvalue weighted by Gasteiger charge is -2.29. The molecule has 7 heteroatoms. The fraction of sp³-hybridized carbons (Fsp3) is 0.438. The van der Waals surface area contributed by atoms with Crippen molar-refractivity contribution in [2.45, 2.75) is 63.1 Å². The van der Waals surface area contributed by atoms with E-state index in [1.165, 1.54) is 12.1 Å². The smallest absolute Gasteiger partial charge is 0.163 e. The highest BCUT2D eigenvalue weighted by Crippen LogP contribution is 2.38. The van der Waals surface area contributed by atoms with Gasteiger partial charge in [-0.25, -0.2) is 9.37 Å². The van der Waals surface area contributed by atoms with Crippen LogP contribution in [0.2, 0.25) is 0 Å². The van der Waals surface area contributed by atoms with Crippen molar-refractivity contribution in [3.8, 4) is 22.8 Å². The van der Waals surface area contributed by atoms with Crippen LogP contribution < -0.4 is 9.47 Å². The monoisotopic (exact) mass is 532 g/mol. The van der Waals surface area contributed by atoms with Crippen molar-refractivity contribution in [3.05, 3.63) is 77.2 Å². The van der Waals surface area contributed by atoms with Gasteiger partial charge in [-0.1, -0.05) is 6.92 Å². The van der Waals surface area contributed by atoms with Crippen LogP contribution in [0.25, 0.3) is 11.3 Å². The van der Waals surface area contributed by atoms with E-state index in [1.807, 2.05) is 6.07 Å². The molecule has 1 aliphatic carbocycles. The molecule has 2 heterocycles. The molecular weight excluding hydrogens is 495 g/mol. The zero-order valence-electron chi connectivity index (χ0n) is 23.2. The number of carbonyl (C=O) groups is 1. The summed E-state index contributed by atoms with van der Waals surface area (Å²) in [5.74, 6) is 0.774. The summed E-state index contributed by atoms with van der Waals surface area (Å²) in [4.78, 5) is 20.3. The Morgan fingerprint density at radius 3 is 2.54 bits per heavy atom. The Morgan fingerprint density at radius 2 is 1.90 bits per heavy atom. The molecule has 0 amide bonds. The Hall–Kier alpha value is -3.29. The maximum Gasteiger partial charge on any atom is 0.163 e. The first-order valence-corrected chi connectivity index (χ1v) is 13.6. The first-order valence-electron chi connectivity index (χ1n) is 13.6. The number of benzene rings is 2. The third-order valence-corrected chi connectivity index (χ3v) is 8.02. The topological polar surface area (TPSA) is 71.9 Å². The first kappa shape index (κ1) is 27.3. The van der Waals surface area contributed by atoms with Crippen molar-refractivity contribution < 1.29 is 23.8 Å². The molecule has 2 aromatic carbocycles. The van der Waals surface area contributed by atoms with Crippen molar-refractivity contribution in [1.29, 1.82) is 0 Å². The summed E-state index contributed by atoms with van der Waals surface area (Å²) in [5.41, 5.74) is 2.12. The number of Topliss-reactive ketones (excluding diaryl/α,β-unsaturated/α-hetero) is 1. The number of hydrogen-bond donors (Lipinski definition) is 1. The summed E-state index contributed by atoms with van der Waals surface area (Å²) in [5, 5.41) is 11.6. The van der Waals surface area contributed by atoms with Crippen LogP contribution in [0.5, 0.6) is 11.5 Å². The molecule has 2 fully saturated rings. The number of carbonyl (C=O) groups excluding carboxylic acids is 1. The van der Waals surface area contributed by atoms with Gasteiger partial charge in [-0.15, -0.1) is 0 Å². The molecule has 0 bridgehead atoms. The maximum atomic E-state index is 13.6. The maximum absolute atomic E-state index is 13.6. The first-order chi connectivity index (χ1) is 18.6. The van der Waals surface area contributed by atoms with Crippen molar-refractivity contribution in [1.82, 2.24) is 9.88 Å². The van der Waals surface area contributed by atoms with Gasteiger partial charge in [0.2, 0.25) is 0 Å². The molecule has 0 radical (unpaired) electrons. The van der Waals surface area contributed by atoms with E-state index in [2.05, 4.69) is 24.9 Å². The zero-order chi connectivity index (χ0) is 27.8. The SMILES string of the molecule is COc1cc(C(=O)CCC(C)(O)c2cc(C3(C)CCN(C)C3)cc(-c3ccc(F)cc3)n2)ccc1OC1CC1. The number of nitrogens with zero attached hydrogens (tertiary/aromatic N) is 2. The quantitative estimate of drug-likeness (QED) is 0.328. The van der Waals surface area contributed by atoms with E-state index < -0.39 is 5.60 Å². The van der Waals surface area contributed by atoms with Gasteiger partial charge in [0.1, 0.15) is 11.4 Å². The van der Waals surface area contributed by atoms with Gasteiger partial charge in [0, 0.05) is 29.5 Å². The number of aliphatic hydroxyl groups is 1. The van der Waals surface area contributed by atoms with Gasteiger partial charge in [-0.3, -0.25) is 4.79 Å². The number of pyridine rings is 1. The second kappa shape index (κ2) is 10.7. The number of aromatic nitrogens is 1. The summed E-state index contributed by atoms with van der Waals surface area (Å²) in [6, 6.07) is 15.5. The molecule has 2 unspecified atom stereocenters. The number of methoxy groups -OCH3 is 1. The Morgan fingerprint density at radius 1 is 1.15 bits per heavy atom. The standard InChI is InChI=1S/C32H37FN2O4/c1-31(15-16-35(3)20-31)23-18-26(21-5-8-24(33)9-6-21)34-30(19-23)32(2,37)14-13-27(36)22-7-12-28(29(17-22)38-4)39-25-10-11-25/h5-9,12,17-19,25,37H,10-11,13-16,20H2,1-4H3. The molecule has 1 saturated carbocycles. The van der Waals surface area contributed by atoms with Crippen molar-refractivity contribution in [3.63, 3.8) is 0 Å². The van der Waals surface area contributed by atoms with Crippen LogP contribution in [0.15, 0.2) is 54.6 Å². The van der Waals surface area contributed by atoms with Crippen LogP contribution in [0.1, 0.15) is 67.6 Å². The van der Waals surface area contributed by atoms with E-state index in [-0.39, 0.29) is 36.0 Å². The van der Waals surface area contributed by atoms with Crippen LogP contribution in [0.4, 0.5) is 4.39 Å². The fourth-order valence-electron chi connectivity index (χ4n) is 5.28. The van der Waals surface area contributed by atoms with Crippen LogP contribution in [0.3, 0.4) is 0 Å². The van der Waals surface area contributed by atoms with E-state index in [9.17, 15) is 14.3 Å². The van der Waals surface area contributed by atoms with Crippen LogP contribution in [-0.2, 0) is 11.0 Å². The molecule has 3 aromatic rings. The Labute approximate surface area is 229 Å². The summed E-state index contributed by atoms with van der Waals surface area (Å²) in [6.07, 6.45) is 3.62. The highest BCUT2D eigenvalue weighted by Gasteiger charge is 2.36. The van der Waals surface area contributed by atoms with Gasteiger partial charge in [-0.2, -0.15) is 0 Å². The number of ether oxygens (including phenoxy) is 2. The molecule has 5 rings (SSSR count). The minimum atomic E-state index is -1.35. The number of hydrogen-bond acceptors (Lipinski definition) is 6. The summed E-state index contributed by atoms with van der Waals surface area (Å²) < 4.78 is 25.0. The van der Waals surface area contributed by atoms with E-state index in [1.54, 1.807) is 44.4 Å². The average molecular weight is 533 g/mol. The molecule has 2 aliphatic rings. The number of rotatable bonds is 10. The molecule has 2 atom stereocenters. The van der Waals surface area contributed by atoms with Gasteiger partial charge < -0.3 is 19.5 Å². The minimum absolute atomic E-state index is 0.0918. The lowest BCUT2D eigenvalue weighted by atomic mass is 9.80. The lowest BCUT2D eigenvalue weighted by Crippen LogP contribution is -2.29. The van der Waals surface area contributed by atoms with Crippen LogP contribution in [-0.4, -0.2) is 54.1 Å². The highest BCUT2D eigenvalue weighted by molar-refractivity contribution is 5.96. The Balaban J connectivity index is 1.40. The lowest BCUT2D eigenvalue weighted by molar-refractivity contribution is 0.0396. The second-order valence-corrected chi connectivity index (χ2v) is 11.6. The van der Waals surface area contributed by atoms with Crippen molar-refractivity contribution in [2.24, 2.45) is 0 Å². The van der Waals surface area contributed by atoms with E-state index in [4.69, 9.17) is 14.5 Å². The van der Waals surface area contributed by atoms with Crippen molar-refractivity contribution in [2.75, 3.05) is 27.2 Å². The van der Waals surface area contributed by atoms with Gasteiger partial charge in [0.25, 0.3) is 0 Å². The van der Waals surface area contributed by atoms with Crippen LogP contribution >= 0.6 is 0 Å². The molecule has 6 nitrogen and oxygen atoms in total. The van der Waals surface area contributed by atoms with Gasteiger partial charge >= 0.3 is 0 Å². The second-order valence-electron chi connectivity index (χ2n) is 11.6. The van der Waals surface area contributed by atoms with E-state index in [0.717, 1.165) is 43.5 Å². The number of likely N-dealkylation sites (N-methyl/N-ethyl adjacent to an activating group) is 1. The Kier molecular flexibility index (Phi) is 7.49. The highest BCUT2D eigenvalue weighted by atomic mass is 19.1. The number of likely N-dealkylation sites (tertiary alicyclic amines) is 1. The zero-order valence-corrected chi connectivity index (χ0v) is 23.2. The molecule has 1 aromatic heterocycles. The predicted octanol–water partition coefficient (Wildman–Crippen LogP) is 5.90. The summed E-state index contributed by atoms with van der Waals surface area (Å²) in [6.45, 7) is 5.81. The number of ketones is 1. The number of halogens is 1. The normalized spacial score (nSPS) is 21.0. The third-order valence-electron chi connectivity index (χ3n) is 8.02. The van der Waals surface area contributed by atoms with Crippen molar-refractivity contribution >= 4 is 5.78 Å². The van der Waals surface area contributed by atoms with Gasteiger partial charge in [0.15, 0.2) is 17.3 Å². The van der Waals surface area contributed by atoms with Gasteiger partial charge in [-0.05, 0) is 106 Å². The average Bonchev–Trinajstić information content (AvgIpc) is 3.68. The fourth-order valence-corrected chi connectivity index (χ4v) is 5.28. The molecule has 206 valence electrons. The van der Waals surface area contributed by atoms with E-state index >= 15 is 0 Å². The summed E-state index contributed by atoms with van der Waals surface area (Å²) >= 11 is 0. The molecule has 39 heavy (non-hydrogen) atoms. The molecule has 1 N–H and O–H groups in total. The largest absolute Gasteiger partial charge is 0.493 e. The molecular formula is C32H37FN2O4. The van der Waals surface area contributed by atoms with E-state index in [0.29, 0.717) is 28.5 Å². The van der Waals surface area contributed by atoms with Gasteiger partial charge in [0.05, 0.1) is 24.6 Å². The third kappa shape index (κ3) is 6.15. The minimum Gasteiger partial charge on any atom is -0.493 e. The summed E-state index contributed by atoms with van der Waals surface area (Å²) in [7, 11) is 3.67. The van der Waals surface area contributed by atoms with Crippen LogP contribution in [0, 0.1) is 5.82 Å². The molecule has 1 aliphatic heterocycles. The molecule has 0 spiro atoms. The molecule has 1 saturated heterocycles. The predicted molar refractivity (Wildman–Crippen MR) is 149 cm³/mol. The Bertz CT molecular complexity index is 1350.